The Labute approximate surface area is 173 Å². The number of nitrogens with one attached hydrogen (secondary N) is 1. The molecule has 2 saturated heterocycles. The topological polar surface area (TPSA) is 90.0 Å². The molecule has 2 heterocycles. The van der Waals surface area contributed by atoms with E-state index in [-0.39, 0.29) is 35.4 Å². The predicted molar refractivity (Wildman–Crippen MR) is 110 cm³/mol. The second-order valence-corrected chi connectivity index (χ2v) is 11.4. The van der Waals surface area contributed by atoms with Gasteiger partial charge in [0.2, 0.25) is 11.8 Å². The van der Waals surface area contributed by atoms with Crippen LogP contribution in [0.1, 0.15) is 44.9 Å². The van der Waals surface area contributed by atoms with E-state index in [1.807, 2.05) is 4.90 Å². The van der Waals surface area contributed by atoms with Crippen molar-refractivity contribution < 1.29 is 18.0 Å². The van der Waals surface area contributed by atoms with Gasteiger partial charge in [-0.2, -0.15) is 0 Å². The van der Waals surface area contributed by atoms with Crippen LogP contribution in [0.3, 0.4) is 0 Å². The molecule has 4 rings (SSSR count). The van der Waals surface area contributed by atoms with E-state index in [1.54, 1.807) is 0 Å². The van der Waals surface area contributed by atoms with Crippen LogP contribution in [-0.2, 0) is 19.4 Å². The summed E-state index contributed by atoms with van der Waals surface area (Å²) in [6, 6.07) is 0.443. The van der Waals surface area contributed by atoms with Gasteiger partial charge in [0.05, 0.1) is 24.6 Å². The largest absolute Gasteiger partial charge is 0.352 e. The summed E-state index contributed by atoms with van der Waals surface area (Å²) in [6.07, 6.45) is 7.00. The minimum Gasteiger partial charge on any atom is -0.352 e. The molecule has 2 saturated carbocycles. The van der Waals surface area contributed by atoms with Crippen molar-refractivity contribution >= 4 is 21.7 Å². The van der Waals surface area contributed by atoms with Gasteiger partial charge in [-0.25, -0.2) is 8.42 Å². The minimum atomic E-state index is -3.01. The first-order valence-electron chi connectivity index (χ1n) is 11.2. The number of hydrogen-bond acceptors (Lipinski definition) is 6. The van der Waals surface area contributed by atoms with E-state index in [9.17, 15) is 18.0 Å². The molecule has 0 unspecified atom stereocenters. The molecule has 29 heavy (non-hydrogen) atoms. The molecule has 0 bridgehead atoms. The van der Waals surface area contributed by atoms with E-state index < -0.39 is 9.84 Å². The third kappa shape index (κ3) is 5.70. The number of rotatable bonds is 7. The molecule has 164 valence electrons. The van der Waals surface area contributed by atoms with Gasteiger partial charge in [-0.1, -0.05) is 12.8 Å². The Bertz CT molecular complexity index is 710. The summed E-state index contributed by atoms with van der Waals surface area (Å²) < 4.78 is 24.0. The summed E-state index contributed by atoms with van der Waals surface area (Å²) in [6.45, 7) is 3.90. The number of carbonyl (C=O) groups excluding carboxylic acids is 2. The summed E-state index contributed by atoms with van der Waals surface area (Å²) in [5.41, 5.74) is 0. The number of piperazine rings is 1. The SMILES string of the molecule is O=C(CN1CCN(CC(=O)N(C2CCCC2)[C@@H]2CCS(=O)(=O)C2)CC1)NC1CC1. The van der Waals surface area contributed by atoms with Gasteiger partial charge in [-0.15, -0.1) is 0 Å². The van der Waals surface area contributed by atoms with Gasteiger partial charge in [0.15, 0.2) is 9.84 Å². The normalized spacial score (nSPS) is 28.5. The van der Waals surface area contributed by atoms with Crippen LogP contribution in [-0.4, -0.2) is 104 Å². The second-order valence-electron chi connectivity index (χ2n) is 9.19. The van der Waals surface area contributed by atoms with E-state index in [0.717, 1.165) is 64.7 Å². The molecule has 4 fully saturated rings. The Morgan fingerprint density at radius 3 is 2.03 bits per heavy atom. The third-order valence-electron chi connectivity index (χ3n) is 6.74. The van der Waals surface area contributed by atoms with Gasteiger partial charge in [-0.05, 0) is 32.1 Å². The Morgan fingerprint density at radius 2 is 1.48 bits per heavy atom. The average Bonchev–Trinajstić information content (AvgIpc) is 3.17. The van der Waals surface area contributed by atoms with Gasteiger partial charge in [0, 0.05) is 44.3 Å². The standard InChI is InChI=1S/C20H34N4O4S/c25-19(21-16-5-6-16)13-22-8-10-23(11-9-22)14-20(26)24(17-3-1-2-4-17)18-7-12-29(27,28)15-18/h16-18H,1-15H2,(H,21,25)/t18-/m1/s1. The van der Waals surface area contributed by atoms with Crippen LogP contribution in [0.15, 0.2) is 0 Å². The molecule has 0 aromatic carbocycles. The molecular formula is C20H34N4O4S. The molecule has 0 spiro atoms. The molecule has 0 radical (unpaired) electrons. The van der Waals surface area contributed by atoms with Gasteiger partial charge in [0.25, 0.3) is 0 Å². The van der Waals surface area contributed by atoms with Crippen molar-refractivity contribution in [1.29, 1.82) is 0 Å². The summed E-state index contributed by atoms with van der Waals surface area (Å²) in [7, 11) is -3.01. The van der Waals surface area contributed by atoms with Gasteiger partial charge in [0.1, 0.15) is 0 Å². The van der Waals surface area contributed by atoms with Crippen molar-refractivity contribution in [2.24, 2.45) is 0 Å². The van der Waals surface area contributed by atoms with Crippen LogP contribution < -0.4 is 5.32 Å². The molecule has 2 aliphatic heterocycles. The molecular weight excluding hydrogens is 392 g/mol. The predicted octanol–water partition coefficient (Wildman–Crippen LogP) is -0.159. The number of amides is 2. The Hall–Kier alpha value is -1.19. The number of sulfone groups is 1. The Balaban J connectivity index is 1.28. The fraction of sp³-hybridized carbons (Fsp3) is 0.900. The Morgan fingerprint density at radius 1 is 0.862 bits per heavy atom. The van der Waals surface area contributed by atoms with E-state index in [1.165, 1.54) is 0 Å². The zero-order valence-corrected chi connectivity index (χ0v) is 18.0. The molecule has 8 nitrogen and oxygen atoms in total. The highest BCUT2D eigenvalue weighted by atomic mass is 32.2. The van der Waals surface area contributed by atoms with Gasteiger partial charge < -0.3 is 10.2 Å². The molecule has 9 heteroatoms. The molecule has 1 N–H and O–H groups in total. The zero-order chi connectivity index (χ0) is 20.4. The second kappa shape index (κ2) is 8.89. The fourth-order valence-electron chi connectivity index (χ4n) is 4.97. The van der Waals surface area contributed by atoms with Crippen LogP contribution in [0.2, 0.25) is 0 Å². The van der Waals surface area contributed by atoms with Gasteiger partial charge in [-0.3, -0.25) is 19.4 Å². The number of hydrogen-bond donors (Lipinski definition) is 1. The molecule has 2 aliphatic carbocycles. The summed E-state index contributed by atoms with van der Waals surface area (Å²) in [4.78, 5) is 31.4. The highest BCUT2D eigenvalue weighted by Crippen LogP contribution is 2.29. The lowest BCUT2D eigenvalue weighted by molar-refractivity contribution is -0.137. The number of nitrogens with zero attached hydrogens (tertiary/aromatic N) is 3. The first kappa shape index (κ1) is 21.1. The molecule has 0 aromatic rings. The van der Waals surface area contributed by atoms with E-state index >= 15 is 0 Å². The maximum Gasteiger partial charge on any atom is 0.237 e. The van der Waals surface area contributed by atoms with Crippen molar-refractivity contribution in [3.63, 3.8) is 0 Å². The lowest BCUT2D eigenvalue weighted by Gasteiger charge is -2.38. The van der Waals surface area contributed by atoms with E-state index in [2.05, 4.69) is 15.1 Å². The maximum absolute atomic E-state index is 13.2. The first-order chi connectivity index (χ1) is 13.9. The summed E-state index contributed by atoms with van der Waals surface area (Å²) in [5.74, 6) is 0.514. The van der Waals surface area contributed by atoms with E-state index in [4.69, 9.17) is 0 Å². The quantitative estimate of drug-likeness (QED) is 0.609. The van der Waals surface area contributed by atoms with Crippen LogP contribution in [0.5, 0.6) is 0 Å². The fourth-order valence-corrected chi connectivity index (χ4v) is 6.68. The highest BCUT2D eigenvalue weighted by Gasteiger charge is 2.39. The molecule has 0 aromatic heterocycles. The maximum atomic E-state index is 13.2. The van der Waals surface area contributed by atoms with Crippen molar-refractivity contribution in [2.75, 3.05) is 50.8 Å². The van der Waals surface area contributed by atoms with Crippen LogP contribution in [0.4, 0.5) is 0 Å². The zero-order valence-electron chi connectivity index (χ0n) is 17.2. The average molecular weight is 427 g/mol. The van der Waals surface area contributed by atoms with E-state index in [0.29, 0.717) is 25.6 Å². The lowest BCUT2D eigenvalue weighted by Crippen LogP contribution is -2.54. The number of carbonyl (C=O) groups is 2. The lowest BCUT2D eigenvalue weighted by atomic mass is 10.1. The van der Waals surface area contributed by atoms with Crippen molar-refractivity contribution in [2.45, 2.75) is 63.1 Å². The van der Waals surface area contributed by atoms with Crippen LogP contribution in [0, 0.1) is 0 Å². The van der Waals surface area contributed by atoms with Crippen LogP contribution in [0.25, 0.3) is 0 Å². The summed E-state index contributed by atoms with van der Waals surface area (Å²) in [5, 5.41) is 3.02. The molecule has 2 amide bonds. The summed E-state index contributed by atoms with van der Waals surface area (Å²) >= 11 is 0. The Kier molecular flexibility index (Phi) is 6.46. The van der Waals surface area contributed by atoms with Gasteiger partial charge >= 0.3 is 0 Å². The van der Waals surface area contributed by atoms with Crippen molar-refractivity contribution in [3.05, 3.63) is 0 Å². The molecule has 4 aliphatic rings. The van der Waals surface area contributed by atoms with Crippen molar-refractivity contribution in [1.82, 2.24) is 20.0 Å². The highest BCUT2D eigenvalue weighted by molar-refractivity contribution is 7.91. The first-order valence-corrected chi connectivity index (χ1v) is 13.0. The molecule has 1 atom stereocenters. The monoisotopic (exact) mass is 426 g/mol. The minimum absolute atomic E-state index is 0.0823. The van der Waals surface area contributed by atoms with Crippen molar-refractivity contribution in [3.8, 4) is 0 Å². The smallest absolute Gasteiger partial charge is 0.237 e. The third-order valence-corrected chi connectivity index (χ3v) is 8.49. The van der Waals surface area contributed by atoms with Crippen LogP contribution >= 0.6 is 0 Å².